The Balaban J connectivity index is 2.42. The molecular formula is C12H16BrNO2. The third kappa shape index (κ3) is 4.77. The molecule has 1 rings (SSSR count). The van der Waals surface area contributed by atoms with Crippen molar-refractivity contribution in [3.8, 4) is 0 Å². The minimum absolute atomic E-state index is 0.180. The van der Waals surface area contributed by atoms with Gasteiger partial charge in [-0.2, -0.15) is 0 Å². The summed E-state index contributed by atoms with van der Waals surface area (Å²) in [5, 5.41) is 0. The van der Waals surface area contributed by atoms with Gasteiger partial charge in [0.1, 0.15) is 0 Å². The SMILES string of the molecule is CCOC(=O)C[C@H](N)Cc1ccc(Br)cc1. The second-order valence-corrected chi connectivity index (χ2v) is 4.52. The van der Waals surface area contributed by atoms with E-state index in [0.717, 1.165) is 10.0 Å². The van der Waals surface area contributed by atoms with Crippen molar-refractivity contribution in [2.45, 2.75) is 25.8 Å². The lowest BCUT2D eigenvalue weighted by molar-refractivity contribution is -0.143. The van der Waals surface area contributed by atoms with Crippen LogP contribution in [-0.2, 0) is 16.0 Å². The van der Waals surface area contributed by atoms with E-state index < -0.39 is 0 Å². The molecule has 2 N–H and O–H groups in total. The van der Waals surface area contributed by atoms with Crippen LogP contribution in [0, 0.1) is 0 Å². The molecule has 0 heterocycles. The number of carbonyl (C=O) groups excluding carboxylic acids is 1. The van der Waals surface area contributed by atoms with Crippen molar-refractivity contribution in [3.63, 3.8) is 0 Å². The van der Waals surface area contributed by atoms with Gasteiger partial charge in [-0.25, -0.2) is 0 Å². The molecule has 0 aliphatic rings. The predicted octanol–water partition coefficient (Wildman–Crippen LogP) is 2.27. The lowest BCUT2D eigenvalue weighted by atomic mass is 10.0. The monoisotopic (exact) mass is 285 g/mol. The molecule has 0 aliphatic heterocycles. The van der Waals surface area contributed by atoms with Crippen LogP contribution >= 0.6 is 15.9 Å². The Bertz CT molecular complexity index is 337. The molecule has 0 bridgehead atoms. The van der Waals surface area contributed by atoms with Crippen LogP contribution in [0.3, 0.4) is 0 Å². The molecule has 88 valence electrons. The molecule has 0 spiro atoms. The van der Waals surface area contributed by atoms with E-state index in [1.165, 1.54) is 0 Å². The molecule has 1 aromatic carbocycles. The highest BCUT2D eigenvalue weighted by Crippen LogP contribution is 2.12. The predicted molar refractivity (Wildman–Crippen MR) is 67.1 cm³/mol. The first-order chi connectivity index (χ1) is 7.61. The summed E-state index contributed by atoms with van der Waals surface area (Å²) in [6, 6.07) is 7.74. The summed E-state index contributed by atoms with van der Waals surface area (Å²) < 4.78 is 5.88. The van der Waals surface area contributed by atoms with Crippen molar-refractivity contribution in [1.82, 2.24) is 0 Å². The van der Waals surface area contributed by atoms with Crippen LogP contribution in [0.5, 0.6) is 0 Å². The van der Waals surface area contributed by atoms with Crippen molar-refractivity contribution in [2.75, 3.05) is 6.61 Å². The van der Waals surface area contributed by atoms with Crippen LogP contribution in [0.15, 0.2) is 28.7 Å². The number of rotatable bonds is 5. The number of carbonyl (C=O) groups is 1. The van der Waals surface area contributed by atoms with Gasteiger partial charge in [0.2, 0.25) is 0 Å². The summed E-state index contributed by atoms with van der Waals surface area (Å²) in [7, 11) is 0. The summed E-state index contributed by atoms with van der Waals surface area (Å²) >= 11 is 3.37. The fourth-order valence-electron chi connectivity index (χ4n) is 1.43. The van der Waals surface area contributed by atoms with Crippen LogP contribution in [-0.4, -0.2) is 18.6 Å². The second-order valence-electron chi connectivity index (χ2n) is 3.60. The van der Waals surface area contributed by atoms with E-state index in [1.54, 1.807) is 6.92 Å². The van der Waals surface area contributed by atoms with Gasteiger partial charge >= 0.3 is 5.97 Å². The fourth-order valence-corrected chi connectivity index (χ4v) is 1.69. The minimum atomic E-state index is -0.230. The van der Waals surface area contributed by atoms with Gasteiger partial charge in [0.05, 0.1) is 13.0 Å². The van der Waals surface area contributed by atoms with Crippen molar-refractivity contribution in [2.24, 2.45) is 5.73 Å². The van der Waals surface area contributed by atoms with Crippen molar-refractivity contribution >= 4 is 21.9 Å². The summed E-state index contributed by atoms with van der Waals surface area (Å²) in [6.45, 7) is 2.20. The maximum absolute atomic E-state index is 11.2. The second kappa shape index (κ2) is 6.66. The van der Waals surface area contributed by atoms with E-state index in [0.29, 0.717) is 13.0 Å². The first-order valence-electron chi connectivity index (χ1n) is 5.27. The number of halogens is 1. The summed E-state index contributed by atoms with van der Waals surface area (Å²) in [4.78, 5) is 11.2. The molecule has 0 radical (unpaired) electrons. The number of esters is 1. The first kappa shape index (κ1) is 13.2. The zero-order valence-corrected chi connectivity index (χ0v) is 10.9. The number of ether oxygens (including phenoxy) is 1. The van der Waals surface area contributed by atoms with Gasteiger partial charge in [-0.1, -0.05) is 28.1 Å². The van der Waals surface area contributed by atoms with Crippen LogP contribution in [0.25, 0.3) is 0 Å². The highest BCUT2D eigenvalue weighted by Gasteiger charge is 2.10. The zero-order chi connectivity index (χ0) is 12.0. The van der Waals surface area contributed by atoms with E-state index >= 15 is 0 Å². The van der Waals surface area contributed by atoms with Gasteiger partial charge in [0.25, 0.3) is 0 Å². The van der Waals surface area contributed by atoms with Gasteiger partial charge < -0.3 is 10.5 Å². The Morgan fingerprint density at radius 2 is 2.06 bits per heavy atom. The molecule has 3 nitrogen and oxygen atoms in total. The van der Waals surface area contributed by atoms with Crippen LogP contribution < -0.4 is 5.73 Å². The molecule has 0 saturated carbocycles. The quantitative estimate of drug-likeness (QED) is 0.845. The Kier molecular flexibility index (Phi) is 5.49. The Morgan fingerprint density at radius 3 is 2.62 bits per heavy atom. The lowest BCUT2D eigenvalue weighted by Crippen LogP contribution is -2.27. The minimum Gasteiger partial charge on any atom is -0.466 e. The maximum atomic E-state index is 11.2. The van der Waals surface area contributed by atoms with E-state index in [4.69, 9.17) is 10.5 Å². The van der Waals surface area contributed by atoms with Crippen molar-refractivity contribution in [1.29, 1.82) is 0 Å². The van der Waals surface area contributed by atoms with E-state index in [1.807, 2.05) is 24.3 Å². The molecule has 0 aliphatic carbocycles. The number of hydrogen-bond acceptors (Lipinski definition) is 3. The highest BCUT2D eigenvalue weighted by molar-refractivity contribution is 9.10. The molecule has 0 saturated heterocycles. The largest absolute Gasteiger partial charge is 0.466 e. The normalized spacial score (nSPS) is 12.2. The number of benzene rings is 1. The molecule has 16 heavy (non-hydrogen) atoms. The number of hydrogen-bond donors (Lipinski definition) is 1. The average Bonchev–Trinajstić information content (AvgIpc) is 2.21. The summed E-state index contributed by atoms with van der Waals surface area (Å²) in [5.41, 5.74) is 6.99. The first-order valence-corrected chi connectivity index (χ1v) is 6.06. The van der Waals surface area contributed by atoms with Crippen LogP contribution in [0.1, 0.15) is 18.9 Å². The number of nitrogens with two attached hydrogens (primary N) is 1. The van der Waals surface area contributed by atoms with Gasteiger partial charge in [-0.15, -0.1) is 0 Å². The Labute approximate surface area is 104 Å². The van der Waals surface area contributed by atoms with E-state index in [9.17, 15) is 4.79 Å². The molecule has 4 heteroatoms. The molecule has 0 unspecified atom stereocenters. The Hall–Kier alpha value is -0.870. The molecular weight excluding hydrogens is 270 g/mol. The lowest BCUT2D eigenvalue weighted by Gasteiger charge is -2.10. The smallest absolute Gasteiger partial charge is 0.307 e. The van der Waals surface area contributed by atoms with Crippen LogP contribution in [0.4, 0.5) is 0 Å². The molecule has 1 atom stereocenters. The molecule has 0 fully saturated rings. The highest BCUT2D eigenvalue weighted by atomic mass is 79.9. The van der Waals surface area contributed by atoms with Crippen molar-refractivity contribution < 1.29 is 9.53 Å². The molecule has 0 amide bonds. The zero-order valence-electron chi connectivity index (χ0n) is 9.28. The van der Waals surface area contributed by atoms with Gasteiger partial charge in [-0.3, -0.25) is 4.79 Å². The average molecular weight is 286 g/mol. The topological polar surface area (TPSA) is 52.3 Å². The fraction of sp³-hybridized carbons (Fsp3) is 0.417. The standard InChI is InChI=1S/C12H16BrNO2/c1-2-16-12(15)8-11(14)7-9-3-5-10(13)6-4-9/h3-6,11H,2,7-8,14H2,1H3/t11-/m1/s1. The molecule has 1 aromatic rings. The van der Waals surface area contributed by atoms with Gasteiger partial charge in [0, 0.05) is 10.5 Å². The third-order valence-corrected chi connectivity index (χ3v) is 2.67. The Morgan fingerprint density at radius 1 is 1.44 bits per heavy atom. The van der Waals surface area contributed by atoms with Gasteiger partial charge in [-0.05, 0) is 31.0 Å². The summed E-state index contributed by atoms with van der Waals surface area (Å²) in [6.07, 6.45) is 0.954. The van der Waals surface area contributed by atoms with E-state index in [-0.39, 0.29) is 18.4 Å². The van der Waals surface area contributed by atoms with Gasteiger partial charge in [0.15, 0.2) is 0 Å². The third-order valence-electron chi connectivity index (χ3n) is 2.15. The molecule has 0 aromatic heterocycles. The summed E-state index contributed by atoms with van der Waals surface area (Å²) in [5.74, 6) is -0.230. The maximum Gasteiger partial charge on any atom is 0.307 e. The van der Waals surface area contributed by atoms with Crippen molar-refractivity contribution in [3.05, 3.63) is 34.3 Å². The van der Waals surface area contributed by atoms with E-state index in [2.05, 4.69) is 15.9 Å². The van der Waals surface area contributed by atoms with Crippen LogP contribution in [0.2, 0.25) is 0 Å².